The number of carbonyl (C=O) groups excluding carboxylic acids is 1. The van der Waals surface area contributed by atoms with Crippen LogP contribution in [-0.2, 0) is 14.9 Å². The molecule has 31 heavy (non-hydrogen) atoms. The van der Waals surface area contributed by atoms with Gasteiger partial charge in [-0.3, -0.25) is 4.84 Å². The fraction of sp³-hybridized carbons (Fsp3) is 0.278. The molecule has 1 aliphatic heterocycles. The van der Waals surface area contributed by atoms with Gasteiger partial charge in [-0.25, -0.2) is 23.1 Å². The van der Waals surface area contributed by atoms with Crippen molar-refractivity contribution in [2.75, 3.05) is 18.4 Å². The molecule has 2 amide bonds. The minimum atomic E-state index is -4.88. The van der Waals surface area contributed by atoms with E-state index in [1.165, 1.54) is 12.1 Å². The number of hydrogen-bond acceptors (Lipinski definition) is 5. The molecule has 0 aromatic heterocycles. The molecule has 1 heterocycles. The van der Waals surface area contributed by atoms with Crippen LogP contribution < -0.4 is 15.5 Å². The minimum absolute atomic E-state index is 0.0695. The molecule has 1 atom stereocenters. The van der Waals surface area contributed by atoms with E-state index in [0.717, 1.165) is 40.7 Å². The van der Waals surface area contributed by atoms with Crippen LogP contribution in [0.3, 0.4) is 0 Å². The summed E-state index contributed by atoms with van der Waals surface area (Å²) >= 11 is 0. The predicted molar refractivity (Wildman–Crippen MR) is 99.9 cm³/mol. The third kappa shape index (κ3) is 6.29. The molecule has 2 aromatic rings. The number of halogens is 4. The second kappa shape index (κ2) is 9.08. The van der Waals surface area contributed by atoms with Crippen molar-refractivity contribution >= 4 is 21.7 Å². The molecule has 13 heteroatoms. The first kappa shape index (κ1) is 22.8. The van der Waals surface area contributed by atoms with E-state index in [2.05, 4.69) is 15.5 Å². The number of carbonyl (C=O) groups is 1. The summed E-state index contributed by atoms with van der Waals surface area (Å²) in [5.74, 6) is -0.998. The van der Waals surface area contributed by atoms with Crippen LogP contribution in [0.2, 0.25) is 0 Å². The summed E-state index contributed by atoms with van der Waals surface area (Å²) < 4.78 is 79.7. The Balaban J connectivity index is 1.52. The Morgan fingerprint density at radius 2 is 1.71 bits per heavy atom. The van der Waals surface area contributed by atoms with Crippen LogP contribution in [0.5, 0.6) is 5.75 Å². The van der Waals surface area contributed by atoms with Gasteiger partial charge >= 0.3 is 12.4 Å². The molecular weight excluding hydrogens is 446 g/mol. The number of ether oxygens (including phenoxy) is 1. The average Bonchev–Trinajstić information content (AvgIpc) is 3.17. The Labute approximate surface area is 174 Å². The second-order valence-electron chi connectivity index (χ2n) is 6.47. The minimum Gasteiger partial charge on any atom is -0.406 e. The van der Waals surface area contributed by atoms with E-state index in [0.29, 0.717) is 5.69 Å². The van der Waals surface area contributed by atoms with Gasteiger partial charge in [-0.15, -0.1) is 13.2 Å². The van der Waals surface area contributed by atoms with Gasteiger partial charge in [0.05, 0.1) is 4.90 Å². The number of nitrogens with one attached hydrogen (secondary N) is 2. The van der Waals surface area contributed by atoms with Gasteiger partial charge in [0.25, 0.3) is 0 Å². The fourth-order valence-corrected chi connectivity index (χ4v) is 4.29. The van der Waals surface area contributed by atoms with Gasteiger partial charge in [0, 0.05) is 18.8 Å². The molecule has 2 aromatic carbocycles. The van der Waals surface area contributed by atoms with Crippen molar-refractivity contribution in [2.45, 2.75) is 23.8 Å². The molecule has 0 saturated carbocycles. The maximum absolute atomic E-state index is 12.9. The number of rotatable bonds is 6. The molecule has 0 radical (unpaired) electrons. The second-order valence-corrected chi connectivity index (χ2v) is 8.41. The first-order chi connectivity index (χ1) is 14.5. The molecular formula is C18H17F4N3O5S. The average molecular weight is 463 g/mol. The Hall–Kier alpha value is -2.90. The van der Waals surface area contributed by atoms with Crippen molar-refractivity contribution in [2.24, 2.45) is 0 Å². The summed E-state index contributed by atoms with van der Waals surface area (Å²) in [7, 11) is -3.97. The van der Waals surface area contributed by atoms with Gasteiger partial charge in [0.1, 0.15) is 17.7 Å². The molecule has 8 nitrogen and oxygen atoms in total. The molecule has 1 saturated heterocycles. The monoisotopic (exact) mass is 463 g/mol. The fourth-order valence-electron chi connectivity index (χ4n) is 2.80. The van der Waals surface area contributed by atoms with Crippen LogP contribution in [0.4, 0.5) is 28.0 Å². The number of nitrogens with zero attached hydrogens (tertiary/aromatic N) is 1. The lowest BCUT2D eigenvalue weighted by molar-refractivity contribution is -0.274. The number of urea groups is 1. The Morgan fingerprint density at radius 1 is 1.06 bits per heavy atom. The summed E-state index contributed by atoms with van der Waals surface area (Å²) in [6.45, 7) is 0.0228. The summed E-state index contributed by atoms with van der Waals surface area (Å²) in [6, 6.07) is 8.15. The molecule has 1 unspecified atom stereocenters. The highest BCUT2D eigenvalue weighted by Gasteiger charge is 2.34. The topological polar surface area (TPSA) is 97.0 Å². The Kier molecular flexibility index (Phi) is 6.67. The van der Waals surface area contributed by atoms with Crippen molar-refractivity contribution in [3.05, 3.63) is 54.3 Å². The van der Waals surface area contributed by atoms with Crippen LogP contribution in [0.1, 0.15) is 6.42 Å². The van der Waals surface area contributed by atoms with Crippen molar-refractivity contribution in [1.29, 1.82) is 0 Å². The maximum atomic E-state index is 12.9. The maximum Gasteiger partial charge on any atom is 0.573 e. The van der Waals surface area contributed by atoms with Crippen LogP contribution in [0, 0.1) is 5.82 Å². The van der Waals surface area contributed by atoms with Crippen molar-refractivity contribution in [3.63, 3.8) is 0 Å². The standard InChI is InChI=1S/C18H17F4N3O5S/c19-12-1-3-13(4-2-12)23-17(26)24-30-15-9-10-25(11-15)31(27,28)16-7-5-14(6-8-16)29-18(20,21)22/h1-8,15H,9-11H2,(H2,23,24,26). The molecule has 2 N–H and O–H groups in total. The highest BCUT2D eigenvalue weighted by molar-refractivity contribution is 7.89. The highest BCUT2D eigenvalue weighted by atomic mass is 32.2. The lowest BCUT2D eigenvalue weighted by Gasteiger charge is -2.17. The van der Waals surface area contributed by atoms with Gasteiger partial charge in [-0.2, -0.15) is 4.31 Å². The van der Waals surface area contributed by atoms with E-state index < -0.39 is 40.1 Å². The number of benzene rings is 2. The third-order valence-electron chi connectivity index (χ3n) is 4.22. The van der Waals surface area contributed by atoms with Crippen LogP contribution in [0.25, 0.3) is 0 Å². The lowest BCUT2D eigenvalue weighted by Crippen LogP contribution is -2.35. The number of anilines is 1. The van der Waals surface area contributed by atoms with E-state index in [1.54, 1.807) is 0 Å². The van der Waals surface area contributed by atoms with Crippen molar-refractivity contribution in [3.8, 4) is 5.75 Å². The van der Waals surface area contributed by atoms with Crippen LogP contribution >= 0.6 is 0 Å². The quantitative estimate of drug-likeness (QED) is 0.507. The predicted octanol–water partition coefficient (Wildman–Crippen LogP) is 3.24. The Morgan fingerprint density at radius 3 is 2.32 bits per heavy atom. The molecule has 3 rings (SSSR count). The summed E-state index contributed by atoms with van der Waals surface area (Å²) in [6.07, 6.45) is -5.23. The van der Waals surface area contributed by atoms with Crippen molar-refractivity contribution < 1.29 is 40.3 Å². The van der Waals surface area contributed by atoms with Gasteiger partial charge in [-0.1, -0.05) is 0 Å². The zero-order chi connectivity index (χ0) is 22.6. The number of hydroxylamine groups is 1. The first-order valence-corrected chi connectivity index (χ1v) is 10.3. The van der Waals surface area contributed by atoms with E-state index in [1.807, 2.05) is 0 Å². The normalized spacial score (nSPS) is 17.4. The van der Waals surface area contributed by atoms with Crippen LogP contribution in [-0.4, -0.2) is 44.3 Å². The van der Waals surface area contributed by atoms with E-state index in [9.17, 15) is 30.8 Å². The van der Waals surface area contributed by atoms with Gasteiger partial charge in [0.2, 0.25) is 10.0 Å². The summed E-state index contributed by atoms with van der Waals surface area (Å²) in [4.78, 5) is 16.8. The number of alkyl halides is 3. The molecule has 0 spiro atoms. The highest BCUT2D eigenvalue weighted by Crippen LogP contribution is 2.26. The van der Waals surface area contributed by atoms with E-state index in [4.69, 9.17) is 4.84 Å². The SMILES string of the molecule is O=C(NOC1CCN(S(=O)(=O)c2ccc(OC(F)(F)F)cc2)C1)Nc1ccc(F)cc1. The van der Waals surface area contributed by atoms with Gasteiger partial charge in [-0.05, 0) is 55.0 Å². The molecule has 0 bridgehead atoms. The third-order valence-corrected chi connectivity index (χ3v) is 6.10. The smallest absolute Gasteiger partial charge is 0.406 e. The lowest BCUT2D eigenvalue weighted by atomic mass is 10.3. The molecule has 1 aliphatic rings. The Bertz CT molecular complexity index is 1010. The van der Waals surface area contributed by atoms with E-state index in [-0.39, 0.29) is 24.4 Å². The molecule has 1 fully saturated rings. The number of amides is 2. The zero-order valence-corrected chi connectivity index (χ0v) is 16.5. The first-order valence-electron chi connectivity index (χ1n) is 8.87. The van der Waals surface area contributed by atoms with E-state index >= 15 is 0 Å². The van der Waals surface area contributed by atoms with Gasteiger partial charge < -0.3 is 10.1 Å². The van der Waals surface area contributed by atoms with Crippen LogP contribution in [0.15, 0.2) is 53.4 Å². The molecule has 0 aliphatic carbocycles. The zero-order valence-electron chi connectivity index (χ0n) is 15.7. The van der Waals surface area contributed by atoms with Gasteiger partial charge in [0.15, 0.2) is 0 Å². The number of hydrogen-bond donors (Lipinski definition) is 2. The summed E-state index contributed by atoms with van der Waals surface area (Å²) in [5, 5.41) is 2.42. The number of sulfonamides is 1. The molecule has 168 valence electrons. The largest absolute Gasteiger partial charge is 0.573 e. The van der Waals surface area contributed by atoms with Crippen molar-refractivity contribution in [1.82, 2.24) is 9.79 Å². The summed E-state index contributed by atoms with van der Waals surface area (Å²) in [5.41, 5.74) is 2.47.